The number of benzene rings is 2. The van der Waals surface area contributed by atoms with Crippen molar-refractivity contribution in [2.24, 2.45) is 0 Å². The zero-order chi connectivity index (χ0) is 15.7. The summed E-state index contributed by atoms with van der Waals surface area (Å²) in [5.74, 6) is -1.16. The Balaban J connectivity index is 2.30. The van der Waals surface area contributed by atoms with Crippen LogP contribution >= 0.6 is 23.2 Å². The number of aromatic nitrogens is 3. The third kappa shape index (κ3) is 2.56. The molecule has 0 spiro atoms. The highest BCUT2D eigenvalue weighted by Crippen LogP contribution is 2.30. The van der Waals surface area contributed by atoms with Gasteiger partial charge in [-0.2, -0.15) is 0 Å². The summed E-state index contributed by atoms with van der Waals surface area (Å²) < 4.78 is 1.38. The van der Waals surface area contributed by atoms with Crippen LogP contribution < -0.4 is 0 Å². The molecule has 0 fully saturated rings. The zero-order valence-corrected chi connectivity index (χ0v) is 12.6. The Kier molecular flexibility index (Phi) is 3.83. The van der Waals surface area contributed by atoms with Crippen molar-refractivity contribution in [3.63, 3.8) is 0 Å². The van der Waals surface area contributed by atoms with Crippen LogP contribution in [0.1, 0.15) is 10.5 Å². The minimum absolute atomic E-state index is 0.151. The molecule has 110 valence electrons. The molecule has 0 radical (unpaired) electrons. The van der Waals surface area contributed by atoms with E-state index in [-0.39, 0.29) is 5.69 Å². The lowest BCUT2D eigenvalue weighted by Gasteiger charge is -2.09. The summed E-state index contributed by atoms with van der Waals surface area (Å²) >= 11 is 12.2. The Labute approximate surface area is 135 Å². The lowest BCUT2D eigenvalue weighted by molar-refractivity contribution is 0.0691. The molecule has 5 nitrogen and oxygen atoms in total. The summed E-state index contributed by atoms with van der Waals surface area (Å²) in [6, 6.07) is 13.9. The molecule has 0 unspecified atom stereocenters. The molecule has 22 heavy (non-hydrogen) atoms. The molecule has 0 atom stereocenters. The Morgan fingerprint density at radius 2 is 1.82 bits per heavy atom. The summed E-state index contributed by atoms with van der Waals surface area (Å²) in [6.45, 7) is 0. The second kappa shape index (κ2) is 5.79. The summed E-state index contributed by atoms with van der Waals surface area (Å²) in [6.07, 6.45) is 0. The fourth-order valence-electron chi connectivity index (χ4n) is 2.10. The van der Waals surface area contributed by atoms with Crippen LogP contribution in [0.5, 0.6) is 0 Å². The van der Waals surface area contributed by atoms with Gasteiger partial charge in [-0.25, -0.2) is 9.48 Å². The van der Waals surface area contributed by atoms with Crippen molar-refractivity contribution < 1.29 is 9.90 Å². The normalized spacial score (nSPS) is 10.6. The highest BCUT2D eigenvalue weighted by atomic mass is 35.5. The van der Waals surface area contributed by atoms with E-state index in [1.807, 2.05) is 6.07 Å². The fraction of sp³-hybridized carbons (Fsp3) is 0. The highest BCUT2D eigenvalue weighted by Gasteiger charge is 2.22. The maximum Gasteiger partial charge on any atom is 0.358 e. The van der Waals surface area contributed by atoms with Gasteiger partial charge in [-0.1, -0.05) is 58.7 Å². The van der Waals surface area contributed by atoms with Gasteiger partial charge in [0.25, 0.3) is 0 Å². The van der Waals surface area contributed by atoms with E-state index >= 15 is 0 Å². The van der Waals surface area contributed by atoms with E-state index in [1.165, 1.54) is 4.68 Å². The summed E-state index contributed by atoms with van der Waals surface area (Å²) in [4.78, 5) is 11.4. The lowest BCUT2D eigenvalue weighted by atomic mass is 10.1. The number of halogens is 2. The van der Waals surface area contributed by atoms with Crippen LogP contribution in [-0.2, 0) is 0 Å². The van der Waals surface area contributed by atoms with E-state index < -0.39 is 5.97 Å². The number of rotatable bonds is 3. The van der Waals surface area contributed by atoms with Crippen molar-refractivity contribution in [3.8, 4) is 16.9 Å². The van der Waals surface area contributed by atoms with Crippen LogP contribution in [0.25, 0.3) is 16.9 Å². The van der Waals surface area contributed by atoms with Crippen molar-refractivity contribution in [1.29, 1.82) is 0 Å². The van der Waals surface area contributed by atoms with Gasteiger partial charge in [0.05, 0.1) is 10.7 Å². The van der Waals surface area contributed by atoms with Gasteiger partial charge in [-0.15, -0.1) is 5.10 Å². The molecule has 0 saturated carbocycles. The first-order valence-electron chi connectivity index (χ1n) is 6.28. The lowest BCUT2D eigenvalue weighted by Crippen LogP contribution is -2.03. The topological polar surface area (TPSA) is 68.0 Å². The second-order valence-corrected chi connectivity index (χ2v) is 5.31. The van der Waals surface area contributed by atoms with E-state index in [0.717, 1.165) is 0 Å². The van der Waals surface area contributed by atoms with E-state index in [4.69, 9.17) is 23.2 Å². The molecule has 0 aliphatic heterocycles. The predicted octanol–water partition coefficient (Wildman–Crippen LogP) is 3.94. The maximum absolute atomic E-state index is 11.4. The Morgan fingerprint density at radius 1 is 1.09 bits per heavy atom. The first-order chi connectivity index (χ1) is 10.6. The fourth-order valence-corrected chi connectivity index (χ4v) is 2.46. The number of carboxylic acids is 1. The largest absolute Gasteiger partial charge is 0.476 e. The Bertz CT molecular complexity index is 847. The average molecular weight is 334 g/mol. The van der Waals surface area contributed by atoms with E-state index in [0.29, 0.717) is 27.0 Å². The third-order valence-corrected chi connectivity index (χ3v) is 3.61. The maximum atomic E-state index is 11.4. The first-order valence-corrected chi connectivity index (χ1v) is 7.03. The number of aromatic carboxylic acids is 1. The number of hydrogen-bond acceptors (Lipinski definition) is 3. The van der Waals surface area contributed by atoms with Crippen molar-refractivity contribution >= 4 is 29.2 Å². The van der Waals surface area contributed by atoms with Crippen LogP contribution in [0.2, 0.25) is 10.0 Å². The van der Waals surface area contributed by atoms with E-state index in [1.54, 1.807) is 42.5 Å². The van der Waals surface area contributed by atoms with Crippen LogP contribution in [0.4, 0.5) is 0 Å². The third-order valence-electron chi connectivity index (χ3n) is 3.06. The van der Waals surface area contributed by atoms with Crippen LogP contribution in [0.3, 0.4) is 0 Å². The van der Waals surface area contributed by atoms with Crippen molar-refractivity contribution in [3.05, 3.63) is 64.3 Å². The first kappa shape index (κ1) is 14.6. The van der Waals surface area contributed by atoms with Crippen LogP contribution in [0.15, 0.2) is 48.5 Å². The molecule has 0 aliphatic rings. The Hall–Kier alpha value is -2.37. The standard InChI is InChI=1S/C15H9Cl2N3O2/c16-10-6-7-11(17)12(8-10)20-14(9-4-2-1-3-5-9)13(15(21)22)18-19-20/h1-8H,(H,21,22). The van der Waals surface area contributed by atoms with Gasteiger partial charge in [-0.3, -0.25) is 0 Å². The molecule has 1 heterocycles. The second-order valence-electron chi connectivity index (χ2n) is 4.47. The molecule has 0 bridgehead atoms. The van der Waals surface area contributed by atoms with Crippen LogP contribution in [0, 0.1) is 0 Å². The van der Waals surface area contributed by atoms with Gasteiger partial charge in [0.2, 0.25) is 0 Å². The SMILES string of the molecule is O=C(O)c1nnn(-c2cc(Cl)ccc2Cl)c1-c1ccccc1. The quantitative estimate of drug-likeness (QED) is 0.788. The van der Waals surface area contributed by atoms with Gasteiger partial charge in [-0.05, 0) is 18.2 Å². The molecule has 2 aromatic carbocycles. The predicted molar refractivity (Wildman–Crippen MR) is 83.8 cm³/mol. The molecule has 1 aromatic heterocycles. The van der Waals surface area contributed by atoms with Gasteiger partial charge in [0, 0.05) is 10.6 Å². The number of hydrogen-bond donors (Lipinski definition) is 1. The highest BCUT2D eigenvalue weighted by molar-refractivity contribution is 6.34. The molecule has 7 heteroatoms. The molecule has 0 amide bonds. The van der Waals surface area contributed by atoms with Crippen molar-refractivity contribution in [2.75, 3.05) is 0 Å². The van der Waals surface area contributed by atoms with Gasteiger partial charge >= 0.3 is 5.97 Å². The number of nitrogens with zero attached hydrogens (tertiary/aromatic N) is 3. The molecule has 0 saturated heterocycles. The molecule has 0 aliphatic carbocycles. The summed E-state index contributed by atoms with van der Waals surface area (Å²) in [7, 11) is 0. The zero-order valence-electron chi connectivity index (χ0n) is 11.1. The minimum Gasteiger partial charge on any atom is -0.476 e. The summed E-state index contributed by atoms with van der Waals surface area (Å²) in [5.41, 5.74) is 1.33. The number of carboxylic acid groups (broad SMARTS) is 1. The minimum atomic E-state index is -1.16. The average Bonchev–Trinajstić information content (AvgIpc) is 2.95. The van der Waals surface area contributed by atoms with Gasteiger partial charge < -0.3 is 5.11 Å². The van der Waals surface area contributed by atoms with Crippen molar-refractivity contribution in [1.82, 2.24) is 15.0 Å². The Morgan fingerprint density at radius 3 is 2.50 bits per heavy atom. The smallest absolute Gasteiger partial charge is 0.358 e. The monoisotopic (exact) mass is 333 g/mol. The van der Waals surface area contributed by atoms with E-state index in [9.17, 15) is 9.90 Å². The molecular weight excluding hydrogens is 325 g/mol. The molecule has 1 N–H and O–H groups in total. The summed E-state index contributed by atoms with van der Waals surface area (Å²) in [5, 5.41) is 17.9. The molecule has 3 aromatic rings. The van der Waals surface area contributed by atoms with Gasteiger partial charge in [0.15, 0.2) is 5.69 Å². The number of carbonyl (C=O) groups is 1. The molecular formula is C15H9Cl2N3O2. The van der Waals surface area contributed by atoms with Crippen LogP contribution in [-0.4, -0.2) is 26.1 Å². The molecule has 3 rings (SSSR count). The van der Waals surface area contributed by atoms with E-state index in [2.05, 4.69) is 10.3 Å². The van der Waals surface area contributed by atoms with Crippen molar-refractivity contribution in [2.45, 2.75) is 0 Å². The van der Waals surface area contributed by atoms with Gasteiger partial charge in [0.1, 0.15) is 5.69 Å².